The van der Waals surface area contributed by atoms with E-state index in [0.29, 0.717) is 5.41 Å². The molecular formula is C26H37N. The molecule has 0 radical (unpaired) electrons. The third-order valence-electron chi connectivity index (χ3n) is 8.09. The Hall–Kier alpha value is -1.37. The van der Waals surface area contributed by atoms with E-state index in [1.807, 2.05) is 18.0 Å². The molecule has 0 bridgehead atoms. The first-order chi connectivity index (χ1) is 13.1. The normalized spacial score (nSPS) is 36.1. The van der Waals surface area contributed by atoms with Crippen LogP contribution in [0.25, 0.3) is 5.57 Å². The van der Waals surface area contributed by atoms with Crippen molar-refractivity contribution in [2.24, 2.45) is 29.1 Å². The third kappa shape index (κ3) is 3.67. The molecule has 27 heavy (non-hydrogen) atoms. The highest BCUT2D eigenvalue weighted by atomic mass is 14.6. The SMILES string of the molecule is CCCCC1C(C2CC=C(c3cccnc3)C2)CC=C2C[C@@H](C)CC[C@@]21C. The molecule has 5 atom stereocenters. The van der Waals surface area contributed by atoms with Crippen LogP contribution in [0.2, 0.25) is 0 Å². The lowest BCUT2D eigenvalue weighted by Crippen LogP contribution is -2.43. The van der Waals surface area contributed by atoms with Gasteiger partial charge in [0.05, 0.1) is 0 Å². The van der Waals surface area contributed by atoms with Crippen molar-refractivity contribution < 1.29 is 0 Å². The molecule has 0 N–H and O–H groups in total. The van der Waals surface area contributed by atoms with Crippen LogP contribution in [-0.4, -0.2) is 4.98 Å². The molecule has 0 spiro atoms. The highest BCUT2D eigenvalue weighted by Crippen LogP contribution is 2.58. The predicted octanol–water partition coefficient (Wildman–Crippen LogP) is 7.45. The van der Waals surface area contributed by atoms with Crippen LogP contribution in [0, 0.1) is 29.1 Å². The minimum Gasteiger partial charge on any atom is -0.264 e. The van der Waals surface area contributed by atoms with E-state index in [9.17, 15) is 0 Å². The van der Waals surface area contributed by atoms with Crippen LogP contribution in [0.15, 0.2) is 42.3 Å². The maximum atomic E-state index is 4.34. The van der Waals surface area contributed by atoms with E-state index < -0.39 is 0 Å². The van der Waals surface area contributed by atoms with Gasteiger partial charge in [0.15, 0.2) is 0 Å². The summed E-state index contributed by atoms with van der Waals surface area (Å²) in [5.41, 5.74) is 5.17. The fraction of sp³-hybridized carbons (Fsp3) is 0.654. The first-order valence-electron chi connectivity index (χ1n) is 11.4. The summed E-state index contributed by atoms with van der Waals surface area (Å²) in [5, 5.41) is 0. The Labute approximate surface area is 166 Å². The van der Waals surface area contributed by atoms with Crippen molar-refractivity contribution in [3.8, 4) is 0 Å². The largest absolute Gasteiger partial charge is 0.264 e. The van der Waals surface area contributed by atoms with Gasteiger partial charge in [0.2, 0.25) is 0 Å². The molecule has 1 saturated carbocycles. The Kier molecular flexibility index (Phi) is 5.58. The van der Waals surface area contributed by atoms with Crippen LogP contribution in [0.1, 0.15) is 84.1 Å². The molecule has 0 aromatic carbocycles. The van der Waals surface area contributed by atoms with Crippen LogP contribution >= 0.6 is 0 Å². The number of hydrogen-bond acceptors (Lipinski definition) is 1. The van der Waals surface area contributed by atoms with Gasteiger partial charge < -0.3 is 0 Å². The van der Waals surface area contributed by atoms with Crippen molar-refractivity contribution in [3.05, 3.63) is 47.8 Å². The topological polar surface area (TPSA) is 12.9 Å². The van der Waals surface area contributed by atoms with Gasteiger partial charge in [-0.05, 0) is 91.2 Å². The van der Waals surface area contributed by atoms with Gasteiger partial charge in [0.25, 0.3) is 0 Å². The van der Waals surface area contributed by atoms with Gasteiger partial charge in [-0.15, -0.1) is 0 Å². The Bertz CT molecular complexity index is 700. The lowest BCUT2D eigenvalue weighted by Gasteiger charge is -2.52. The van der Waals surface area contributed by atoms with E-state index >= 15 is 0 Å². The van der Waals surface area contributed by atoms with Gasteiger partial charge in [-0.2, -0.15) is 0 Å². The minimum absolute atomic E-state index is 0.474. The average molecular weight is 364 g/mol. The molecule has 1 heteroatoms. The number of hydrogen-bond donors (Lipinski definition) is 0. The molecule has 1 heterocycles. The number of pyridine rings is 1. The van der Waals surface area contributed by atoms with E-state index in [4.69, 9.17) is 0 Å². The van der Waals surface area contributed by atoms with Crippen molar-refractivity contribution >= 4 is 5.57 Å². The highest BCUT2D eigenvalue weighted by Gasteiger charge is 2.47. The number of nitrogens with zero attached hydrogens (tertiary/aromatic N) is 1. The smallest absolute Gasteiger partial charge is 0.0342 e. The summed E-state index contributed by atoms with van der Waals surface area (Å²) in [6.45, 7) is 7.44. The first kappa shape index (κ1) is 19.0. The molecule has 4 rings (SSSR count). The van der Waals surface area contributed by atoms with Gasteiger partial charge in [-0.25, -0.2) is 0 Å². The van der Waals surface area contributed by atoms with Crippen molar-refractivity contribution in [2.45, 2.75) is 78.6 Å². The third-order valence-corrected chi connectivity index (χ3v) is 8.09. The number of aromatic nitrogens is 1. The van der Waals surface area contributed by atoms with E-state index in [2.05, 4.69) is 50.0 Å². The summed E-state index contributed by atoms with van der Waals surface area (Å²) in [6, 6.07) is 4.31. The summed E-state index contributed by atoms with van der Waals surface area (Å²) < 4.78 is 0. The van der Waals surface area contributed by atoms with E-state index in [1.165, 1.54) is 63.4 Å². The standard InChI is InChI=1S/C26H37N/c1-4-5-8-25-24(12-11-23-16-19(2)13-14-26(23,25)3)21-10-9-20(17-21)22-7-6-15-27-18-22/h6-7,9,11,15,18-19,21,24-25H,4-5,8,10,12-14,16-17H2,1-3H3/t19-,21?,24?,25?,26-/m0/s1. The highest BCUT2D eigenvalue weighted by molar-refractivity contribution is 5.66. The average Bonchev–Trinajstić information content (AvgIpc) is 3.17. The zero-order valence-electron chi connectivity index (χ0n) is 17.6. The van der Waals surface area contributed by atoms with Crippen molar-refractivity contribution in [1.82, 2.24) is 4.98 Å². The quantitative estimate of drug-likeness (QED) is 0.495. The predicted molar refractivity (Wildman–Crippen MR) is 115 cm³/mol. The number of fused-ring (bicyclic) bond motifs is 1. The van der Waals surface area contributed by atoms with E-state index in [1.54, 1.807) is 5.57 Å². The molecule has 3 unspecified atom stereocenters. The first-order valence-corrected chi connectivity index (χ1v) is 11.4. The maximum Gasteiger partial charge on any atom is 0.0342 e. The molecule has 1 nitrogen and oxygen atoms in total. The maximum absolute atomic E-state index is 4.34. The molecule has 146 valence electrons. The van der Waals surface area contributed by atoms with Crippen LogP contribution in [0.5, 0.6) is 0 Å². The summed E-state index contributed by atoms with van der Waals surface area (Å²) in [7, 11) is 0. The Balaban J connectivity index is 1.55. The monoisotopic (exact) mass is 363 g/mol. The van der Waals surface area contributed by atoms with Gasteiger partial charge in [-0.3, -0.25) is 4.98 Å². The molecule has 0 aliphatic heterocycles. The zero-order valence-corrected chi connectivity index (χ0v) is 17.6. The molecule has 1 aromatic rings. The summed E-state index contributed by atoms with van der Waals surface area (Å²) >= 11 is 0. The van der Waals surface area contributed by atoms with Crippen LogP contribution < -0.4 is 0 Å². The number of rotatable bonds is 5. The summed E-state index contributed by atoms with van der Waals surface area (Å²) in [6.07, 6.45) is 21.3. The second kappa shape index (κ2) is 7.94. The molecule has 3 aliphatic rings. The zero-order chi connectivity index (χ0) is 18.9. The fourth-order valence-corrected chi connectivity index (χ4v) is 6.41. The molecule has 3 aliphatic carbocycles. The van der Waals surface area contributed by atoms with Gasteiger partial charge >= 0.3 is 0 Å². The van der Waals surface area contributed by atoms with Crippen LogP contribution in [-0.2, 0) is 0 Å². The number of unbranched alkanes of at least 4 members (excludes halogenated alkanes) is 1. The van der Waals surface area contributed by atoms with Crippen molar-refractivity contribution in [2.75, 3.05) is 0 Å². The van der Waals surface area contributed by atoms with E-state index in [-0.39, 0.29) is 0 Å². The molecule has 1 aromatic heterocycles. The Morgan fingerprint density at radius 2 is 2.07 bits per heavy atom. The van der Waals surface area contributed by atoms with Gasteiger partial charge in [-0.1, -0.05) is 57.4 Å². The fourth-order valence-electron chi connectivity index (χ4n) is 6.41. The van der Waals surface area contributed by atoms with Crippen LogP contribution in [0.4, 0.5) is 0 Å². The van der Waals surface area contributed by atoms with E-state index in [0.717, 1.165) is 23.7 Å². The molecule has 0 saturated heterocycles. The summed E-state index contributed by atoms with van der Waals surface area (Å²) in [5.74, 6) is 3.47. The second-order valence-corrected chi connectivity index (χ2v) is 9.81. The Morgan fingerprint density at radius 1 is 1.19 bits per heavy atom. The van der Waals surface area contributed by atoms with Crippen molar-refractivity contribution in [3.63, 3.8) is 0 Å². The Morgan fingerprint density at radius 3 is 2.85 bits per heavy atom. The van der Waals surface area contributed by atoms with Crippen LogP contribution in [0.3, 0.4) is 0 Å². The van der Waals surface area contributed by atoms with Gasteiger partial charge in [0, 0.05) is 12.4 Å². The number of allylic oxidation sites excluding steroid dienone is 4. The lowest BCUT2D eigenvalue weighted by atomic mass is 9.53. The van der Waals surface area contributed by atoms with Gasteiger partial charge in [0.1, 0.15) is 0 Å². The molecule has 0 amide bonds. The van der Waals surface area contributed by atoms with Crippen molar-refractivity contribution in [1.29, 1.82) is 0 Å². The molecular weight excluding hydrogens is 326 g/mol. The molecule has 1 fully saturated rings. The lowest BCUT2D eigenvalue weighted by molar-refractivity contribution is 0.0579. The second-order valence-electron chi connectivity index (χ2n) is 9.81. The minimum atomic E-state index is 0.474. The summed E-state index contributed by atoms with van der Waals surface area (Å²) in [4.78, 5) is 4.34.